The molecule has 2 N–H and O–H groups in total. The minimum absolute atomic E-state index is 0.106. The smallest absolute Gasteiger partial charge is 0.274 e. The third-order valence-corrected chi connectivity index (χ3v) is 9.63. The van der Waals surface area contributed by atoms with E-state index in [0.29, 0.717) is 17.2 Å². The Labute approximate surface area is 242 Å². The number of nitrogens with one attached hydrogen (secondary N) is 2. The van der Waals surface area contributed by atoms with E-state index in [9.17, 15) is 9.59 Å². The van der Waals surface area contributed by atoms with Gasteiger partial charge in [0.2, 0.25) is 0 Å². The molecule has 9 heteroatoms. The minimum atomic E-state index is -0.475. The van der Waals surface area contributed by atoms with Crippen LogP contribution in [0.2, 0.25) is 0 Å². The van der Waals surface area contributed by atoms with Gasteiger partial charge in [-0.25, -0.2) is 4.98 Å². The van der Waals surface area contributed by atoms with Crippen molar-refractivity contribution in [3.05, 3.63) is 113 Å². The maximum atomic E-state index is 13.5. The van der Waals surface area contributed by atoms with E-state index in [1.54, 1.807) is 54.4 Å². The van der Waals surface area contributed by atoms with Crippen LogP contribution in [0.4, 0.5) is 5.69 Å². The van der Waals surface area contributed by atoms with E-state index in [-0.39, 0.29) is 34.0 Å². The number of hydrogen-bond donors (Lipinski definition) is 2. The maximum Gasteiger partial charge on any atom is 0.274 e. The standard InChI is InChI=1S/C32H30N4O4S/c1-39-25-13-6-14-26(40-2)28(25)35-29(37)23-11-5-12-24(34-23)30(38)36-31-32(19-41-31)16-15-20-8-3-4-10-22(20)27(32)21-9-7-17-33-18-21/h3-14,17-18,27,31H,15-16,19H2,1-2H3,(H,35,37)(H,36,38)/t27-,31?,32?/m1/s1. The molecule has 2 aromatic heterocycles. The normalized spacial score (nSPS) is 20.8. The van der Waals surface area contributed by atoms with Crippen molar-refractivity contribution in [1.29, 1.82) is 0 Å². The molecule has 3 heterocycles. The molecule has 208 valence electrons. The van der Waals surface area contributed by atoms with Gasteiger partial charge in [0.25, 0.3) is 11.8 Å². The zero-order chi connectivity index (χ0) is 28.4. The summed E-state index contributed by atoms with van der Waals surface area (Å²) in [5, 5.41) is 5.95. The van der Waals surface area contributed by atoms with Crippen LogP contribution in [-0.2, 0) is 6.42 Å². The Kier molecular flexibility index (Phi) is 7.36. The Bertz CT molecular complexity index is 1580. The third kappa shape index (κ3) is 4.91. The van der Waals surface area contributed by atoms with Gasteiger partial charge in [0.05, 0.1) is 19.6 Å². The highest BCUT2D eigenvalue weighted by molar-refractivity contribution is 8.01. The number of amides is 2. The number of aryl methyl sites for hydroxylation is 1. The minimum Gasteiger partial charge on any atom is -0.494 e. The van der Waals surface area contributed by atoms with Crippen LogP contribution in [0.3, 0.4) is 0 Å². The lowest BCUT2D eigenvalue weighted by Gasteiger charge is -2.56. The van der Waals surface area contributed by atoms with Crippen LogP contribution >= 0.6 is 11.8 Å². The molecule has 1 spiro atoms. The number of anilines is 1. The molecule has 1 saturated heterocycles. The predicted molar refractivity (Wildman–Crippen MR) is 159 cm³/mol. The van der Waals surface area contributed by atoms with Crippen molar-refractivity contribution in [2.45, 2.75) is 24.1 Å². The summed E-state index contributed by atoms with van der Waals surface area (Å²) < 4.78 is 10.8. The first-order chi connectivity index (χ1) is 20.0. The van der Waals surface area contributed by atoms with E-state index < -0.39 is 5.91 Å². The van der Waals surface area contributed by atoms with Gasteiger partial charge in [0.15, 0.2) is 0 Å². The van der Waals surface area contributed by atoms with Crippen molar-refractivity contribution in [3.63, 3.8) is 0 Å². The van der Waals surface area contributed by atoms with Crippen LogP contribution < -0.4 is 20.1 Å². The lowest BCUT2D eigenvalue weighted by atomic mass is 9.62. The lowest BCUT2D eigenvalue weighted by Crippen LogP contribution is -2.59. The van der Waals surface area contributed by atoms with E-state index in [1.807, 2.05) is 12.3 Å². The second kappa shape index (κ2) is 11.2. The molecule has 2 aliphatic rings. The molecule has 2 unspecified atom stereocenters. The van der Waals surface area contributed by atoms with Crippen molar-refractivity contribution >= 4 is 29.3 Å². The summed E-state index contributed by atoms with van der Waals surface area (Å²) in [6, 6.07) is 22.8. The highest BCUT2D eigenvalue weighted by Gasteiger charge is 2.56. The average Bonchev–Trinajstić information content (AvgIpc) is 3.02. The van der Waals surface area contributed by atoms with Gasteiger partial charge < -0.3 is 20.1 Å². The molecule has 2 amide bonds. The number of rotatable bonds is 7. The zero-order valence-corrected chi connectivity index (χ0v) is 23.6. The van der Waals surface area contributed by atoms with Crippen LogP contribution in [-0.4, -0.2) is 47.1 Å². The molecular formula is C32H30N4O4S. The Morgan fingerprint density at radius 3 is 2.32 bits per heavy atom. The molecule has 0 saturated carbocycles. The van der Waals surface area contributed by atoms with Crippen LogP contribution in [0, 0.1) is 5.41 Å². The van der Waals surface area contributed by atoms with Gasteiger partial charge in [0.1, 0.15) is 28.6 Å². The summed E-state index contributed by atoms with van der Waals surface area (Å²) in [6.45, 7) is 0. The van der Waals surface area contributed by atoms with Gasteiger partial charge in [0, 0.05) is 29.5 Å². The average molecular weight is 567 g/mol. The highest BCUT2D eigenvalue weighted by atomic mass is 32.2. The molecule has 8 nitrogen and oxygen atoms in total. The number of aromatic nitrogens is 2. The first kappa shape index (κ1) is 26.8. The zero-order valence-electron chi connectivity index (χ0n) is 22.8. The molecular weight excluding hydrogens is 536 g/mol. The Morgan fingerprint density at radius 1 is 0.902 bits per heavy atom. The van der Waals surface area contributed by atoms with Gasteiger partial charge in [-0.1, -0.05) is 42.5 Å². The molecule has 1 fully saturated rings. The number of ether oxygens (including phenoxy) is 2. The number of hydrogen-bond acceptors (Lipinski definition) is 7. The summed E-state index contributed by atoms with van der Waals surface area (Å²) in [5.74, 6) is 1.18. The fraction of sp³-hybridized carbons (Fsp3) is 0.250. The van der Waals surface area contributed by atoms with Crippen LogP contribution in [0.15, 0.2) is 85.2 Å². The predicted octanol–water partition coefficient (Wildman–Crippen LogP) is 5.31. The monoisotopic (exact) mass is 566 g/mol. The van der Waals surface area contributed by atoms with Gasteiger partial charge in [-0.2, -0.15) is 0 Å². The van der Waals surface area contributed by atoms with Gasteiger partial charge in [-0.05, 0) is 59.9 Å². The molecule has 1 aliphatic heterocycles. The number of thioether (sulfide) groups is 1. The number of benzene rings is 2. The van der Waals surface area contributed by atoms with Gasteiger partial charge in [-0.15, -0.1) is 11.8 Å². The van der Waals surface area contributed by atoms with Gasteiger partial charge in [-0.3, -0.25) is 14.6 Å². The molecule has 41 heavy (non-hydrogen) atoms. The lowest BCUT2D eigenvalue weighted by molar-refractivity contribution is 0.0891. The van der Waals surface area contributed by atoms with Crippen molar-refractivity contribution in [1.82, 2.24) is 15.3 Å². The Morgan fingerprint density at radius 2 is 1.63 bits per heavy atom. The molecule has 3 atom stereocenters. The van der Waals surface area contributed by atoms with E-state index in [4.69, 9.17) is 9.47 Å². The maximum absolute atomic E-state index is 13.5. The first-order valence-corrected chi connectivity index (χ1v) is 14.5. The molecule has 6 rings (SSSR count). The summed E-state index contributed by atoms with van der Waals surface area (Å²) in [7, 11) is 3.03. The van der Waals surface area contributed by atoms with Crippen LogP contribution in [0.1, 0.15) is 50.0 Å². The molecule has 0 bridgehead atoms. The molecule has 1 aliphatic carbocycles. The number of carbonyl (C=O) groups excluding carboxylic acids is 2. The molecule has 4 aromatic rings. The van der Waals surface area contributed by atoms with E-state index in [2.05, 4.69) is 50.9 Å². The summed E-state index contributed by atoms with van der Waals surface area (Å²) in [4.78, 5) is 35.5. The first-order valence-electron chi connectivity index (χ1n) is 13.4. The van der Waals surface area contributed by atoms with E-state index in [0.717, 1.165) is 24.2 Å². The fourth-order valence-corrected chi connectivity index (χ4v) is 7.48. The Hall–Kier alpha value is -4.37. The number of para-hydroxylation sites is 1. The van der Waals surface area contributed by atoms with Crippen molar-refractivity contribution in [3.8, 4) is 11.5 Å². The summed E-state index contributed by atoms with van der Waals surface area (Å²) >= 11 is 1.74. The van der Waals surface area contributed by atoms with E-state index >= 15 is 0 Å². The molecule has 0 radical (unpaired) electrons. The number of pyridine rings is 2. The largest absolute Gasteiger partial charge is 0.494 e. The number of nitrogens with zero attached hydrogens (tertiary/aromatic N) is 2. The second-order valence-corrected chi connectivity index (χ2v) is 11.3. The quantitative estimate of drug-likeness (QED) is 0.312. The second-order valence-electron chi connectivity index (χ2n) is 10.2. The van der Waals surface area contributed by atoms with Crippen molar-refractivity contribution < 1.29 is 19.1 Å². The van der Waals surface area contributed by atoms with E-state index in [1.165, 1.54) is 25.3 Å². The van der Waals surface area contributed by atoms with Crippen molar-refractivity contribution in [2.75, 3.05) is 25.3 Å². The number of methoxy groups -OCH3 is 2. The third-order valence-electron chi connectivity index (χ3n) is 8.00. The van der Waals surface area contributed by atoms with Crippen LogP contribution in [0.5, 0.6) is 11.5 Å². The summed E-state index contributed by atoms with van der Waals surface area (Å²) in [5.41, 5.74) is 4.35. The Balaban J connectivity index is 1.24. The van der Waals surface area contributed by atoms with Crippen molar-refractivity contribution in [2.24, 2.45) is 5.41 Å². The number of fused-ring (bicyclic) bond motifs is 1. The van der Waals surface area contributed by atoms with Crippen LogP contribution in [0.25, 0.3) is 0 Å². The summed E-state index contributed by atoms with van der Waals surface area (Å²) in [6.07, 6.45) is 5.65. The SMILES string of the molecule is COc1cccc(OC)c1NC(=O)c1cccc(C(=O)NC2SCC23CCc2ccccc2[C@H]3c2cccnc2)n1. The fourth-order valence-electron chi connectivity index (χ4n) is 5.96. The van der Waals surface area contributed by atoms with Gasteiger partial charge >= 0.3 is 0 Å². The highest BCUT2D eigenvalue weighted by Crippen LogP contribution is 2.60. The topological polar surface area (TPSA) is 102 Å². The molecule has 2 aromatic carbocycles. The number of carbonyl (C=O) groups is 2.